The van der Waals surface area contributed by atoms with E-state index in [1.54, 1.807) is 6.07 Å². The molecule has 0 aliphatic carbocycles. The van der Waals surface area contributed by atoms with Gasteiger partial charge in [0.05, 0.1) is 17.7 Å². The number of amides is 2. The fourth-order valence-corrected chi connectivity index (χ4v) is 3.40. The number of aromatic nitrogens is 1. The van der Waals surface area contributed by atoms with Gasteiger partial charge >= 0.3 is 6.09 Å². The molecule has 0 aromatic carbocycles. The summed E-state index contributed by atoms with van der Waals surface area (Å²) in [7, 11) is 0. The number of likely N-dealkylation sites (tertiary alicyclic amines) is 1. The van der Waals surface area contributed by atoms with Crippen LogP contribution in [0.3, 0.4) is 0 Å². The standard InChI is InChI=1S/C16H23N3O4/c1-11-8-13(23-17-11)9-14(20)18-6-4-12(5-7-18)19-15(21)22-10-16(19,2)3/h8,12H,4-7,9-10H2,1-3H3. The van der Waals surface area contributed by atoms with Gasteiger partial charge in [-0.15, -0.1) is 0 Å². The molecule has 1 aromatic heterocycles. The fraction of sp³-hybridized carbons (Fsp3) is 0.688. The summed E-state index contributed by atoms with van der Waals surface area (Å²) in [5.41, 5.74) is 0.506. The third-order valence-corrected chi connectivity index (χ3v) is 4.58. The van der Waals surface area contributed by atoms with Gasteiger partial charge in [0, 0.05) is 25.2 Å². The van der Waals surface area contributed by atoms with E-state index in [0.29, 0.717) is 25.5 Å². The SMILES string of the molecule is Cc1cc(CC(=O)N2CCC(N3C(=O)OCC3(C)C)CC2)on1. The number of carbonyl (C=O) groups excluding carboxylic acids is 2. The van der Waals surface area contributed by atoms with E-state index in [2.05, 4.69) is 5.16 Å². The highest BCUT2D eigenvalue weighted by molar-refractivity contribution is 5.78. The van der Waals surface area contributed by atoms with Crippen molar-refractivity contribution in [1.29, 1.82) is 0 Å². The van der Waals surface area contributed by atoms with Gasteiger partial charge in [-0.2, -0.15) is 0 Å². The monoisotopic (exact) mass is 321 g/mol. The Morgan fingerprint density at radius 1 is 1.39 bits per heavy atom. The number of carbonyl (C=O) groups is 2. The van der Waals surface area contributed by atoms with E-state index in [4.69, 9.17) is 9.26 Å². The Balaban J connectivity index is 1.56. The van der Waals surface area contributed by atoms with Crippen molar-refractivity contribution in [2.24, 2.45) is 0 Å². The first-order valence-corrected chi connectivity index (χ1v) is 8.03. The molecule has 7 heteroatoms. The zero-order valence-corrected chi connectivity index (χ0v) is 13.9. The predicted octanol–water partition coefficient (Wildman–Crippen LogP) is 1.75. The van der Waals surface area contributed by atoms with E-state index < -0.39 is 0 Å². The number of piperidine rings is 1. The van der Waals surface area contributed by atoms with Crippen LogP contribution in [0.25, 0.3) is 0 Å². The normalized spacial score (nSPS) is 21.6. The van der Waals surface area contributed by atoms with E-state index in [1.807, 2.05) is 30.6 Å². The van der Waals surface area contributed by atoms with E-state index in [9.17, 15) is 9.59 Å². The molecule has 0 spiro atoms. The van der Waals surface area contributed by atoms with Crippen molar-refractivity contribution >= 4 is 12.0 Å². The van der Waals surface area contributed by atoms with Crippen molar-refractivity contribution in [1.82, 2.24) is 15.0 Å². The number of ether oxygens (including phenoxy) is 1. The highest BCUT2D eigenvalue weighted by Crippen LogP contribution is 2.30. The van der Waals surface area contributed by atoms with Crippen LogP contribution in [-0.4, -0.2) is 58.2 Å². The zero-order chi connectivity index (χ0) is 16.6. The van der Waals surface area contributed by atoms with Crippen molar-refractivity contribution in [3.8, 4) is 0 Å². The maximum Gasteiger partial charge on any atom is 0.410 e. The molecule has 23 heavy (non-hydrogen) atoms. The average molecular weight is 321 g/mol. The molecule has 3 heterocycles. The first-order chi connectivity index (χ1) is 10.9. The minimum atomic E-state index is -0.273. The smallest absolute Gasteiger partial charge is 0.410 e. The van der Waals surface area contributed by atoms with E-state index in [1.165, 1.54) is 0 Å². The lowest BCUT2D eigenvalue weighted by atomic mass is 9.97. The molecule has 3 rings (SSSR count). The quantitative estimate of drug-likeness (QED) is 0.848. The molecule has 2 fully saturated rings. The second kappa shape index (κ2) is 5.86. The van der Waals surface area contributed by atoms with E-state index >= 15 is 0 Å². The third kappa shape index (κ3) is 3.18. The Morgan fingerprint density at radius 3 is 2.61 bits per heavy atom. The lowest BCUT2D eigenvalue weighted by Gasteiger charge is -2.40. The van der Waals surface area contributed by atoms with Gasteiger partial charge in [-0.05, 0) is 33.6 Å². The van der Waals surface area contributed by atoms with Crippen LogP contribution in [0.4, 0.5) is 4.79 Å². The maximum absolute atomic E-state index is 12.3. The van der Waals surface area contributed by atoms with Gasteiger partial charge in [-0.3, -0.25) is 9.69 Å². The Hall–Kier alpha value is -2.05. The van der Waals surface area contributed by atoms with Crippen LogP contribution in [0.2, 0.25) is 0 Å². The van der Waals surface area contributed by atoms with Gasteiger partial charge in [-0.25, -0.2) is 4.79 Å². The Bertz CT molecular complexity index is 602. The van der Waals surface area contributed by atoms with Gasteiger partial charge in [0.2, 0.25) is 5.91 Å². The van der Waals surface area contributed by atoms with Crippen molar-refractivity contribution in [3.05, 3.63) is 17.5 Å². The zero-order valence-electron chi connectivity index (χ0n) is 13.9. The van der Waals surface area contributed by atoms with Crippen LogP contribution in [-0.2, 0) is 16.0 Å². The van der Waals surface area contributed by atoms with Crippen molar-refractivity contribution < 1.29 is 18.8 Å². The number of cyclic esters (lactones) is 1. The number of hydrogen-bond donors (Lipinski definition) is 0. The van der Waals surface area contributed by atoms with Gasteiger partial charge in [-0.1, -0.05) is 5.16 Å². The molecule has 7 nitrogen and oxygen atoms in total. The second-order valence-electron chi connectivity index (χ2n) is 6.96. The molecule has 2 amide bonds. The highest BCUT2D eigenvalue weighted by Gasteiger charge is 2.44. The van der Waals surface area contributed by atoms with Gasteiger partial charge in [0.15, 0.2) is 0 Å². The molecule has 0 radical (unpaired) electrons. The minimum absolute atomic E-state index is 0.0443. The van der Waals surface area contributed by atoms with Crippen molar-refractivity contribution in [2.45, 2.75) is 51.6 Å². The summed E-state index contributed by atoms with van der Waals surface area (Å²) in [6.45, 7) is 7.59. The summed E-state index contributed by atoms with van der Waals surface area (Å²) >= 11 is 0. The number of rotatable bonds is 3. The van der Waals surface area contributed by atoms with Crippen LogP contribution < -0.4 is 0 Å². The van der Waals surface area contributed by atoms with Crippen LogP contribution in [0.5, 0.6) is 0 Å². The summed E-state index contributed by atoms with van der Waals surface area (Å²) in [6, 6.07) is 1.92. The van der Waals surface area contributed by atoms with Crippen molar-refractivity contribution in [2.75, 3.05) is 19.7 Å². The predicted molar refractivity (Wildman–Crippen MR) is 81.8 cm³/mol. The Labute approximate surface area is 135 Å². The summed E-state index contributed by atoms with van der Waals surface area (Å²) in [5, 5.41) is 3.80. The molecule has 126 valence electrons. The Kier molecular flexibility index (Phi) is 4.04. The summed E-state index contributed by atoms with van der Waals surface area (Å²) in [6.07, 6.45) is 1.55. The topological polar surface area (TPSA) is 75.9 Å². The summed E-state index contributed by atoms with van der Waals surface area (Å²) in [4.78, 5) is 28.0. The number of aryl methyl sites for hydroxylation is 1. The van der Waals surface area contributed by atoms with Crippen molar-refractivity contribution in [3.63, 3.8) is 0 Å². The fourth-order valence-electron chi connectivity index (χ4n) is 3.40. The average Bonchev–Trinajstić information content (AvgIpc) is 3.02. The molecule has 0 atom stereocenters. The summed E-state index contributed by atoms with van der Waals surface area (Å²) in [5.74, 6) is 0.640. The van der Waals surface area contributed by atoms with E-state index in [-0.39, 0.29) is 30.0 Å². The van der Waals surface area contributed by atoms with Gasteiger partial charge < -0.3 is 14.2 Å². The van der Waals surface area contributed by atoms with Gasteiger partial charge in [0.25, 0.3) is 0 Å². The number of nitrogens with zero attached hydrogens (tertiary/aromatic N) is 3. The highest BCUT2D eigenvalue weighted by atomic mass is 16.6. The number of hydrogen-bond acceptors (Lipinski definition) is 5. The Morgan fingerprint density at radius 2 is 2.09 bits per heavy atom. The van der Waals surface area contributed by atoms with E-state index in [0.717, 1.165) is 18.5 Å². The first-order valence-electron chi connectivity index (χ1n) is 8.03. The molecule has 2 saturated heterocycles. The largest absolute Gasteiger partial charge is 0.447 e. The van der Waals surface area contributed by atoms with Gasteiger partial charge in [0.1, 0.15) is 12.4 Å². The molecule has 0 saturated carbocycles. The summed E-state index contributed by atoms with van der Waals surface area (Å²) < 4.78 is 10.3. The van der Waals surface area contributed by atoms with Crippen LogP contribution in [0.15, 0.2) is 10.6 Å². The lowest BCUT2D eigenvalue weighted by Crippen LogP contribution is -2.53. The lowest BCUT2D eigenvalue weighted by molar-refractivity contribution is -0.132. The first kappa shape index (κ1) is 15.8. The molecule has 2 aliphatic heterocycles. The third-order valence-electron chi connectivity index (χ3n) is 4.58. The van der Waals surface area contributed by atoms with Crippen LogP contribution in [0, 0.1) is 6.92 Å². The molecule has 1 aromatic rings. The van der Waals surface area contributed by atoms with Crippen LogP contribution in [0.1, 0.15) is 38.1 Å². The molecule has 2 aliphatic rings. The molecule has 0 unspecified atom stereocenters. The molecule has 0 bridgehead atoms. The molecular weight excluding hydrogens is 298 g/mol. The maximum atomic E-state index is 12.3. The molecular formula is C16H23N3O4. The van der Waals surface area contributed by atoms with Crippen LogP contribution >= 0.6 is 0 Å². The second-order valence-corrected chi connectivity index (χ2v) is 6.96. The minimum Gasteiger partial charge on any atom is -0.447 e. The molecule has 0 N–H and O–H groups in total.